The van der Waals surface area contributed by atoms with E-state index in [1.807, 2.05) is 13.8 Å². The molecule has 0 aliphatic rings. The van der Waals surface area contributed by atoms with E-state index in [0.29, 0.717) is 5.71 Å². The first-order valence-electron chi connectivity index (χ1n) is 3.73. The summed E-state index contributed by atoms with van der Waals surface area (Å²) in [5.74, 6) is 0. The summed E-state index contributed by atoms with van der Waals surface area (Å²) in [5.41, 5.74) is 1.34. The first-order chi connectivity index (χ1) is 5.22. The third-order valence-corrected chi connectivity index (χ3v) is 0.950. The van der Waals surface area contributed by atoms with Gasteiger partial charge in [0, 0.05) is 5.71 Å². The molecule has 0 unspecified atom stereocenters. The molecule has 0 saturated carbocycles. The summed E-state index contributed by atoms with van der Waals surface area (Å²) in [6.45, 7) is 12.8. The van der Waals surface area contributed by atoms with Crippen molar-refractivity contribution in [2.24, 2.45) is 0 Å². The summed E-state index contributed by atoms with van der Waals surface area (Å²) in [4.78, 5) is 0. The third-order valence-electron chi connectivity index (χ3n) is 0.950. The van der Waals surface area contributed by atoms with Gasteiger partial charge in [-0.3, -0.25) is 0 Å². The lowest BCUT2D eigenvalue weighted by atomic mass is 10.1. The van der Waals surface area contributed by atoms with E-state index >= 15 is 0 Å². The van der Waals surface area contributed by atoms with E-state index in [4.69, 9.17) is 5.41 Å². The van der Waals surface area contributed by atoms with Gasteiger partial charge in [-0.25, -0.2) is 0 Å². The quantitative estimate of drug-likeness (QED) is 0.472. The molecule has 0 bridgehead atoms. The minimum absolute atomic E-state index is 0.518. The molecule has 0 aliphatic heterocycles. The van der Waals surface area contributed by atoms with Crippen LogP contribution in [0.25, 0.3) is 0 Å². The average Bonchev–Trinajstić information content (AvgIpc) is 2.03. The van der Waals surface area contributed by atoms with Crippen molar-refractivity contribution in [3.05, 3.63) is 37.0 Å². The maximum atomic E-state index is 7.17. The highest BCUT2D eigenvalue weighted by atomic mass is 14.4. The Labute approximate surface area is 69.6 Å². The second-order valence-electron chi connectivity index (χ2n) is 1.69. The Kier molecular flexibility index (Phi) is 10.1. The lowest BCUT2D eigenvalue weighted by molar-refractivity contribution is 1.47. The van der Waals surface area contributed by atoms with Gasteiger partial charge in [0.15, 0.2) is 0 Å². The van der Waals surface area contributed by atoms with Crippen LogP contribution in [0, 0.1) is 5.41 Å². The van der Waals surface area contributed by atoms with Crippen molar-refractivity contribution in [3.63, 3.8) is 0 Å². The van der Waals surface area contributed by atoms with Gasteiger partial charge in [0.25, 0.3) is 0 Å². The van der Waals surface area contributed by atoms with E-state index in [0.717, 1.165) is 5.57 Å². The van der Waals surface area contributed by atoms with E-state index in [-0.39, 0.29) is 0 Å². The molecule has 11 heavy (non-hydrogen) atoms. The van der Waals surface area contributed by atoms with Crippen molar-refractivity contribution >= 4 is 5.71 Å². The van der Waals surface area contributed by atoms with Gasteiger partial charge in [0.2, 0.25) is 0 Å². The molecule has 1 N–H and O–H groups in total. The molecule has 1 heteroatoms. The van der Waals surface area contributed by atoms with E-state index in [9.17, 15) is 0 Å². The van der Waals surface area contributed by atoms with E-state index in [1.54, 1.807) is 25.2 Å². The molecule has 62 valence electrons. The summed E-state index contributed by atoms with van der Waals surface area (Å²) >= 11 is 0. The second-order valence-corrected chi connectivity index (χ2v) is 1.69. The SMILES string of the molecule is C=C/C=C(\C=C)C(C)=N.CC. The van der Waals surface area contributed by atoms with Gasteiger partial charge in [-0.2, -0.15) is 0 Å². The predicted molar refractivity (Wildman–Crippen MR) is 53.2 cm³/mol. The summed E-state index contributed by atoms with van der Waals surface area (Å²) in [6, 6.07) is 0. The van der Waals surface area contributed by atoms with E-state index in [1.165, 1.54) is 0 Å². The number of hydrogen-bond donors (Lipinski definition) is 1. The Morgan fingerprint density at radius 2 is 1.73 bits per heavy atom. The molecule has 1 nitrogen and oxygen atoms in total. The molecule has 0 aromatic rings. The molecule has 0 spiro atoms. The molecule has 0 rings (SSSR count). The van der Waals surface area contributed by atoms with Crippen LogP contribution in [0.1, 0.15) is 20.8 Å². The van der Waals surface area contributed by atoms with Crippen molar-refractivity contribution in [3.8, 4) is 0 Å². The molecule has 0 atom stereocenters. The molecule has 0 aromatic carbocycles. The van der Waals surface area contributed by atoms with E-state index in [2.05, 4.69) is 13.2 Å². The summed E-state index contributed by atoms with van der Waals surface area (Å²) in [5, 5.41) is 7.17. The zero-order valence-electron chi connectivity index (χ0n) is 7.65. The van der Waals surface area contributed by atoms with Crippen LogP contribution in [0.2, 0.25) is 0 Å². The van der Waals surface area contributed by atoms with Crippen molar-refractivity contribution in [1.82, 2.24) is 0 Å². The van der Waals surface area contributed by atoms with E-state index < -0.39 is 0 Å². The van der Waals surface area contributed by atoms with Crippen LogP contribution in [0.3, 0.4) is 0 Å². The molecule has 0 saturated heterocycles. The molecular weight excluding hydrogens is 134 g/mol. The molecule has 0 radical (unpaired) electrons. The van der Waals surface area contributed by atoms with Crippen molar-refractivity contribution < 1.29 is 0 Å². The lowest BCUT2D eigenvalue weighted by Gasteiger charge is -1.92. The number of nitrogens with one attached hydrogen (secondary N) is 1. The van der Waals surface area contributed by atoms with Crippen molar-refractivity contribution in [2.75, 3.05) is 0 Å². The van der Waals surface area contributed by atoms with Crippen molar-refractivity contribution in [1.29, 1.82) is 5.41 Å². The Morgan fingerprint density at radius 3 is 1.82 bits per heavy atom. The number of hydrogen-bond acceptors (Lipinski definition) is 1. The zero-order chi connectivity index (χ0) is 9.28. The Bertz CT molecular complexity index is 164. The molecule has 0 heterocycles. The monoisotopic (exact) mass is 151 g/mol. The first-order valence-corrected chi connectivity index (χ1v) is 3.73. The van der Waals surface area contributed by atoms with Gasteiger partial charge in [-0.15, -0.1) is 0 Å². The lowest BCUT2D eigenvalue weighted by Crippen LogP contribution is -1.89. The van der Waals surface area contributed by atoms with Crippen LogP contribution < -0.4 is 0 Å². The van der Waals surface area contributed by atoms with Crippen LogP contribution in [-0.2, 0) is 0 Å². The second kappa shape index (κ2) is 8.89. The Balaban J connectivity index is 0. The highest BCUT2D eigenvalue weighted by Crippen LogP contribution is 1.96. The topological polar surface area (TPSA) is 23.9 Å². The number of rotatable bonds is 3. The van der Waals surface area contributed by atoms with Crippen LogP contribution in [-0.4, -0.2) is 5.71 Å². The van der Waals surface area contributed by atoms with Crippen LogP contribution in [0.5, 0.6) is 0 Å². The smallest absolute Gasteiger partial charge is 0.0355 e. The fraction of sp³-hybridized carbons (Fsp3) is 0.300. The minimum Gasteiger partial charge on any atom is -0.305 e. The molecule has 0 fully saturated rings. The molecule has 0 aliphatic carbocycles. The van der Waals surface area contributed by atoms with Gasteiger partial charge in [-0.1, -0.05) is 45.2 Å². The maximum Gasteiger partial charge on any atom is 0.0355 e. The van der Waals surface area contributed by atoms with Gasteiger partial charge in [0.1, 0.15) is 0 Å². The molecule has 0 amide bonds. The Hall–Kier alpha value is -1.11. The average molecular weight is 151 g/mol. The normalized spacial score (nSPS) is 9.18. The van der Waals surface area contributed by atoms with Gasteiger partial charge >= 0.3 is 0 Å². The van der Waals surface area contributed by atoms with Crippen molar-refractivity contribution in [2.45, 2.75) is 20.8 Å². The maximum absolute atomic E-state index is 7.17. The number of allylic oxidation sites excluding steroid dienone is 4. The zero-order valence-corrected chi connectivity index (χ0v) is 7.65. The summed E-state index contributed by atoms with van der Waals surface area (Å²) in [7, 11) is 0. The van der Waals surface area contributed by atoms with Crippen LogP contribution >= 0.6 is 0 Å². The fourth-order valence-corrected chi connectivity index (χ4v) is 0.473. The third kappa shape index (κ3) is 6.78. The fourth-order valence-electron chi connectivity index (χ4n) is 0.473. The van der Waals surface area contributed by atoms with Gasteiger partial charge < -0.3 is 5.41 Å². The molecule has 0 aromatic heterocycles. The largest absolute Gasteiger partial charge is 0.305 e. The minimum atomic E-state index is 0.518. The summed E-state index contributed by atoms with van der Waals surface area (Å²) < 4.78 is 0. The van der Waals surface area contributed by atoms with Crippen LogP contribution in [0.4, 0.5) is 0 Å². The predicted octanol–water partition coefficient (Wildman–Crippen LogP) is 3.35. The van der Waals surface area contributed by atoms with Gasteiger partial charge in [0.05, 0.1) is 0 Å². The standard InChI is InChI=1S/C8H11N.C2H6/c1-4-6-8(5-2)7(3)9;1-2/h4-6,9H,1-2H2,3H3;1-2H3/b8-6+,9-7?;. The summed E-state index contributed by atoms with van der Waals surface area (Å²) in [6.07, 6.45) is 5.05. The van der Waals surface area contributed by atoms with Crippen LogP contribution in [0.15, 0.2) is 37.0 Å². The highest BCUT2D eigenvalue weighted by molar-refractivity contribution is 5.98. The molecular formula is C10H17N. The highest BCUT2D eigenvalue weighted by Gasteiger charge is 1.88. The Morgan fingerprint density at radius 1 is 1.27 bits per heavy atom. The van der Waals surface area contributed by atoms with Gasteiger partial charge in [-0.05, 0) is 12.5 Å². The first kappa shape index (κ1) is 12.6.